The van der Waals surface area contributed by atoms with Gasteiger partial charge in [-0.15, -0.1) is 0 Å². The van der Waals surface area contributed by atoms with Crippen LogP contribution in [0.1, 0.15) is 17.0 Å². The van der Waals surface area contributed by atoms with Gasteiger partial charge in [0.05, 0.1) is 5.92 Å². The fourth-order valence-electron chi connectivity index (χ4n) is 1.93. The molecule has 0 aliphatic heterocycles. The van der Waals surface area contributed by atoms with Gasteiger partial charge < -0.3 is 0 Å². The molecule has 2 aromatic carbocycles. The Kier molecular flexibility index (Phi) is 3.86. The second kappa shape index (κ2) is 5.77. The maximum absolute atomic E-state index is 12.0. The Bertz CT molecular complexity index is 483. The zero-order valence-electron chi connectivity index (χ0n) is 9.74. The summed E-state index contributed by atoms with van der Waals surface area (Å²) < 4.78 is 0. The second-order valence-electron chi connectivity index (χ2n) is 3.88. The third kappa shape index (κ3) is 2.63. The number of carbonyl (C=O) groups is 2. The Morgan fingerprint density at radius 2 is 1.33 bits per heavy atom. The van der Waals surface area contributed by atoms with E-state index in [1.165, 1.54) is 0 Å². The van der Waals surface area contributed by atoms with Gasteiger partial charge in [0.1, 0.15) is 0 Å². The molecule has 90 valence electrons. The van der Waals surface area contributed by atoms with Crippen LogP contribution >= 0.6 is 0 Å². The minimum atomic E-state index is -0.461. The van der Waals surface area contributed by atoms with Gasteiger partial charge in [-0.2, -0.15) is 0 Å². The zero-order valence-corrected chi connectivity index (χ0v) is 9.74. The molecule has 2 rings (SSSR count). The Morgan fingerprint density at radius 3 is 1.72 bits per heavy atom. The standard InChI is InChI=1S/C15H13NO2/c17-11-16-15(18)14(12-7-3-1-4-8-12)13-9-5-2-6-10-13/h1-11,14H,(H,16,17,18). The number of amides is 2. The van der Waals surface area contributed by atoms with Crippen LogP contribution in [0, 0.1) is 0 Å². The van der Waals surface area contributed by atoms with Crippen molar-refractivity contribution in [2.24, 2.45) is 0 Å². The van der Waals surface area contributed by atoms with Crippen molar-refractivity contribution in [3.8, 4) is 0 Å². The van der Waals surface area contributed by atoms with Crippen molar-refractivity contribution in [3.63, 3.8) is 0 Å². The summed E-state index contributed by atoms with van der Waals surface area (Å²) in [6.07, 6.45) is 0.418. The van der Waals surface area contributed by atoms with Crippen LogP contribution in [0.2, 0.25) is 0 Å². The van der Waals surface area contributed by atoms with Crippen molar-refractivity contribution < 1.29 is 9.59 Å². The van der Waals surface area contributed by atoms with E-state index in [9.17, 15) is 9.59 Å². The number of carbonyl (C=O) groups excluding carboxylic acids is 2. The van der Waals surface area contributed by atoms with E-state index in [-0.39, 0.29) is 5.91 Å². The van der Waals surface area contributed by atoms with Gasteiger partial charge in [0.2, 0.25) is 12.3 Å². The Hall–Kier alpha value is -2.42. The van der Waals surface area contributed by atoms with Gasteiger partial charge in [0.25, 0.3) is 0 Å². The molecule has 18 heavy (non-hydrogen) atoms. The van der Waals surface area contributed by atoms with Crippen molar-refractivity contribution in [1.29, 1.82) is 0 Å². The van der Waals surface area contributed by atoms with E-state index in [2.05, 4.69) is 5.32 Å². The molecule has 0 atom stereocenters. The fourth-order valence-corrected chi connectivity index (χ4v) is 1.93. The number of imide groups is 1. The zero-order chi connectivity index (χ0) is 12.8. The molecule has 0 aromatic heterocycles. The van der Waals surface area contributed by atoms with Gasteiger partial charge in [-0.25, -0.2) is 0 Å². The summed E-state index contributed by atoms with van der Waals surface area (Å²) in [5, 5.41) is 2.22. The molecular weight excluding hydrogens is 226 g/mol. The van der Waals surface area contributed by atoms with Gasteiger partial charge in [-0.1, -0.05) is 60.7 Å². The lowest BCUT2D eigenvalue weighted by Crippen LogP contribution is -2.28. The topological polar surface area (TPSA) is 46.2 Å². The van der Waals surface area contributed by atoms with Crippen molar-refractivity contribution in [2.45, 2.75) is 5.92 Å². The van der Waals surface area contributed by atoms with Crippen molar-refractivity contribution >= 4 is 12.3 Å². The van der Waals surface area contributed by atoms with E-state index in [0.29, 0.717) is 6.41 Å². The average molecular weight is 239 g/mol. The minimum Gasteiger partial charge on any atom is -0.298 e. The molecule has 1 N–H and O–H groups in total. The monoisotopic (exact) mass is 239 g/mol. The number of rotatable bonds is 4. The van der Waals surface area contributed by atoms with Gasteiger partial charge >= 0.3 is 0 Å². The SMILES string of the molecule is O=CNC(=O)C(c1ccccc1)c1ccccc1. The molecule has 0 unspecified atom stereocenters. The molecule has 0 bridgehead atoms. The summed E-state index contributed by atoms with van der Waals surface area (Å²) in [6.45, 7) is 0. The van der Waals surface area contributed by atoms with Crippen LogP contribution in [0.15, 0.2) is 60.7 Å². The molecule has 2 amide bonds. The maximum Gasteiger partial charge on any atom is 0.238 e. The smallest absolute Gasteiger partial charge is 0.238 e. The van der Waals surface area contributed by atoms with E-state index >= 15 is 0 Å². The Labute approximate surface area is 105 Å². The molecule has 2 aromatic rings. The molecule has 0 fully saturated rings. The molecule has 0 aliphatic carbocycles. The normalized spacial score (nSPS) is 10.1. The summed E-state index contributed by atoms with van der Waals surface area (Å²) in [6, 6.07) is 18.8. The third-order valence-electron chi connectivity index (χ3n) is 2.73. The highest BCUT2D eigenvalue weighted by atomic mass is 16.2. The van der Waals surface area contributed by atoms with Gasteiger partial charge in [0.15, 0.2) is 0 Å². The van der Waals surface area contributed by atoms with Crippen molar-refractivity contribution in [3.05, 3.63) is 71.8 Å². The second-order valence-corrected chi connectivity index (χ2v) is 3.88. The highest BCUT2D eigenvalue weighted by Gasteiger charge is 2.21. The van der Waals surface area contributed by atoms with Crippen LogP contribution < -0.4 is 5.32 Å². The van der Waals surface area contributed by atoms with Crippen LogP contribution in [0.3, 0.4) is 0 Å². The van der Waals surface area contributed by atoms with E-state index in [0.717, 1.165) is 11.1 Å². The predicted molar refractivity (Wildman–Crippen MR) is 68.9 cm³/mol. The molecule has 0 aliphatic rings. The Morgan fingerprint density at radius 1 is 0.889 bits per heavy atom. The van der Waals surface area contributed by atoms with E-state index in [1.54, 1.807) is 0 Å². The van der Waals surface area contributed by atoms with Gasteiger partial charge in [-0.05, 0) is 11.1 Å². The lowest BCUT2D eigenvalue weighted by molar-refractivity contribution is -0.125. The summed E-state index contributed by atoms with van der Waals surface area (Å²) >= 11 is 0. The number of hydrogen-bond donors (Lipinski definition) is 1. The number of hydrogen-bond acceptors (Lipinski definition) is 2. The van der Waals surface area contributed by atoms with Crippen molar-refractivity contribution in [1.82, 2.24) is 5.32 Å². The summed E-state index contributed by atoms with van der Waals surface area (Å²) in [4.78, 5) is 22.5. The molecule has 0 heterocycles. The quantitative estimate of drug-likeness (QED) is 0.830. The summed E-state index contributed by atoms with van der Waals surface area (Å²) in [5.41, 5.74) is 1.73. The lowest BCUT2D eigenvalue weighted by Gasteiger charge is -2.15. The summed E-state index contributed by atoms with van der Waals surface area (Å²) in [7, 11) is 0. The van der Waals surface area contributed by atoms with Crippen LogP contribution in [-0.2, 0) is 9.59 Å². The van der Waals surface area contributed by atoms with Crippen LogP contribution in [0.4, 0.5) is 0 Å². The first-order valence-electron chi connectivity index (χ1n) is 5.67. The average Bonchev–Trinajstić information content (AvgIpc) is 2.42. The number of benzene rings is 2. The molecule has 0 radical (unpaired) electrons. The molecule has 0 saturated heterocycles. The van der Waals surface area contributed by atoms with Crippen LogP contribution in [0.25, 0.3) is 0 Å². The maximum atomic E-state index is 12.0. The van der Waals surface area contributed by atoms with Crippen LogP contribution in [-0.4, -0.2) is 12.3 Å². The molecule has 0 saturated carbocycles. The fraction of sp³-hybridized carbons (Fsp3) is 0.0667. The molecule has 3 nitrogen and oxygen atoms in total. The highest BCUT2D eigenvalue weighted by molar-refractivity contribution is 5.93. The Balaban J connectivity index is 2.41. The number of nitrogens with one attached hydrogen (secondary N) is 1. The largest absolute Gasteiger partial charge is 0.298 e. The van der Waals surface area contributed by atoms with Gasteiger partial charge in [0, 0.05) is 0 Å². The van der Waals surface area contributed by atoms with E-state index in [4.69, 9.17) is 0 Å². The lowest BCUT2D eigenvalue weighted by atomic mass is 9.90. The molecule has 3 heteroatoms. The first-order valence-corrected chi connectivity index (χ1v) is 5.67. The van der Waals surface area contributed by atoms with Crippen LogP contribution in [0.5, 0.6) is 0 Å². The molecular formula is C15H13NO2. The third-order valence-corrected chi connectivity index (χ3v) is 2.73. The highest BCUT2D eigenvalue weighted by Crippen LogP contribution is 2.24. The van der Waals surface area contributed by atoms with Gasteiger partial charge in [-0.3, -0.25) is 14.9 Å². The first kappa shape index (κ1) is 12.0. The molecule has 0 spiro atoms. The predicted octanol–water partition coefficient (Wildman–Crippen LogP) is 2.09. The van der Waals surface area contributed by atoms with E-state index in [1.807, 2.05) is 60.7 Å². The minimum absolute atomic E-state index is 0.317. The first-order chi connectivity index (χ1) is 8.83. The van der Waals surface area contributed by atoms with E-state index < -0.39 is 5.92 Å². The summed E-state index contributed by atoms with van der Waals surface area (Å²) in [5.74, 6) is -0.778. The van der Waals surface area contributed by atoms with Crippen molar-refractivity contribution in [2.75, 3.05) is 0 Å².